The van der Waals surface area contributed by atoms with Crippen LogP contribution in [0.1, 0.15) is 18.1 Å². The zero-order valence-corrected chi connectivity index (χ0v) is 9.22. The second-order valence-electron chi connectivity index (χ2n) is 3.75. The van der Waals surface area contributed by atoms with Crippen LogP contribution in [-0.2, 0) is 5.60 Å². The molecule has 0 amide bonds. The first kappa shape index (κ1) is 12.8. The van der Waals surface area contributed by atoms with Crippen LogP contribution in [0.5, 0.6) is 5.75 Å². The quantitative estimate of drug-likeness (QED) is 0.852. The van der Waals surface area contributed by atoms with Gasteiger partial charge in [-0.1, -0.05) is 12.1 Å². The van der Waals surface area contributed by atoms with E-state index in [0.29, 0.717) is 11.3 Å². The van der Waals surface area contributed by atoms with E-state index in [1.165, 1.54) is 25.3 Å². The van der Waals surface area contributed by atoms with Crippen molar-refractivity contribution in [2.45, 2.75) is 25.6 Å². The maximum atomic E-state index is 12.6. The molecular weight excluding hydrogens is 221 g/mol. The molecule has 0 aliphatic carbocycles. The lowest BCUT2D eigenvalue weighted by Crippen LogP contribution is -2.39. The molecule has 0 aliphatic rings. The number of ether oxygens (including phenoxy) is 1. The standard InChI is InChI=1S/C11H13F3O2/c1-7-4-5-8(6-9(7)16-3)10(2,15)11(12,13)14/h4-6,15H,1-3H3. The average molecular weight is 234 g/mol. The van der Waals surface area contributed by atoms with Crippen LogP contribution in [0, 0.1) is 6.92 Å². The monoisotopic (exact) mass is 234 g/mol. The first-order valence-corrected chi connectivity index (χ1v) is 4.64. The van der Waals surface area contributed by atoms with E-state index in [0.717, 1.165) is 6.92 Å². The van der Waals surface area contributed by atoms with Gasteiger partial charge in [-0.25, -0.2) is 0 Å². The molecule has 0 radical (unpaired) electrons. The molecule has 1 aromatic rings. The molecule has 1 atom stereocenters. The first-order chi connectivity index (χ1) is 7.20. The third kappa shape index (κ3) is 2.14. The molecule has 1 unspecified atom stereocenters. The van der Waals surface area contributed by atoms with E-state index in [2.05, 4.69) is 0 Å². The van der Waals surface area contributed by atoms with E-state index in [4.69, 9.17) is 4.74 Å². The lowest BCUT2D eigenvalue weighted by molar-refractivity contribution is -0.258. The summed E-state index contributed by atoms with van der Waals surface area (Å²) in [5.74, 6) is 0.321. The number of halogens is 3. The Morgan fingerprint density at radius 2 is 1.81 bits per heavy atom. The summed E-state index contributed by atoms with van der Waals surface area (Å²) in [6, 6.07) is 3.92. The van der Waals surface area contributed by atoms with E-state index in [-0.39, 0.29) is 5.56 Å². The third-order valence-electron chi connectivity index (χ3n) is 2.52. The zero-order chi connectivity index (χ0) is 12.6. The zero-order valence-electron chi connectivity index (χ0n) is 9.22. The fourth-order valence-electron chi connectivity index (χ4n) is 1.29. The molecule has 0 fully saturated rings. The fraction of sp³-hybridized carbons (Fsp3) is 0.455. The van der Waals surface area contributed by atoms with Crippen LogP contribution in [-0.4, -0.2) is 18.4 Å². The van der Waals surface area contributed by atoms with Gasteiger partial charge in [0.05, 0.1) is 7.11 Å². The van der Waals surface area contributed by atoms with Crippen molar-refractivity contribution < 1.29 is 23.0 Å². The lowest BCUT2D eigenvalue weighted by atomic mass is 9.94. The van der Waals surface area contributed by atoms with Gasteiger partial charge < -0.3 is 9.84 Å². The van der Waals surface area contributed by atoms with E-state index in [1.54, 1.807) is 6.92 Å². The summed E-state index contributed by atoms with van der Waals surface area (Å²) in [4.78, 5) is 0. The highest BCUT2D eigenvalue weighted by Gasteiger charge is 2.51. The Morgan fingerprint density at radius 1 is 1.25 bits per heavy atom. The minimum Gasteiger partial charge on any atom is -0.496 e. The largest absolute Gasteiger partial charge is 0.496 e. The number of benzene rings is 1. The smallest absolute Gasteiger partial charge is 0.421 e. The van der Waals surface area contributed by atoms with Crippen molar-refractivity contribution in [1.82, 2.24) is 0 Å². The maximum absolute atomic E-state index is 12.6. The molecule has 0 aromatic heterocycles. The van der Waals surface area contributed by atoms with Gasteiger partial charge in [0.2, 0.25) is 0 Å². The van der Waals surface area contributed by atoms with Gasteiger partial charge in [0.1, 0.15) is 5.75 Å². The number of methoxy groups -OCH3 is 1. The highest BCUT2D eigenvalue weighted by molar-refractivity contribution is 5.39. The van der Waals surface area contributed by atoms with E-state index >= 15 is 0 Å². The van der Waals surface area contributed by atoms with Crippen molar-refractivity contribution >= 4 is 0 Å². The maximum Gasteiger partial charge on any atom is 0.421 e. The molecule has 0 spiro atoms. The van der Waals surface area contributed by atoms with Gasteiger partial charge in [-0.15, -0.1) is 0 Å². The Balaban J connectivity index is 3.24. The van der Waals surface area contributed by atoms with E-state index in [9.17, 15) is 18.3 Å². The van der Waals surface area contributed by atoms with Crippen LogP contribution < -0.4 is 4.74 Å². The Labute approximate surface area is 91.7 Å². The summed E-state index contributed by atoms with van der Waals surface area (Å²) in [5, 5.41) is 9.45. The fourth-order valence-corrected chi connectivity index (χ4v) is 1.29. The van der Waals surface area contributed by atoms with E-state index in [1.807, 2.05) is 0 Å². The van der Waals surface area contributed by atoms with Gasteiger partial charge in [-0.2, -0.15) is 13.2 Å². The molecule has 0 saturated carbocycles. The normalized spacial score (nSPS) is 15.7. The first-order valence-electron chi connectivity index (χ1n) is 4.64. The summed E-state index contributed by atoms with van der Waals surface area (Å²) in [6.07, 6.45) is -4.72. The van der Waals surface area contributed by atoms with E-state index < -0.39 is 11.8 Å². The number of hydrogen-bond donors (Lipinski definition) is 1. The minimum atomic E-state index is -4.72. The molecule has 1 rings (SSSR count). The van der Waals surface area contributed by atoms with Gasteiger partial charge in [-0.05, 0) is 31.0 Å². The van der Waals surface area contributed by atoms with Crippen LogP contribution in [0.25, 0.3) is 0 Å². The highest BCUT2D eigenvalue weighted by Crippen LogP contribution is 2.39. The minimum absolute atomic E-state index is 0.234. The summed E-state index contributed by atoms with van der Waals surface area (Å²) >= 11 is 0. The SMILES string of the molecule is COc1cc(C(C)(O)C(F)(F)F)ccc1C. The van der Waals surface area contributed by atoms with Crippen LogP contribution in [0.3, 0.4) is 0 Å². The average Bonchev–Trinajstić information content (AvgIpc) is 2.16. The molecule has 0 bridgehead atoms. The van der Waals surface area contributed by atoms with Crippen molar-refractivity contribution in [1.29, 1.82) is 0 Å². The lowest BCUT2D eigenvalue weighted by Gasteiger charge is -2.27. The third-order valence-corrected chi connectivity index (χ3v) is 2.52. The molecule has 16 heavy (non-hydrogen) atoms. The van der Waals surface area contributed by atoms with Crippen LogP contribution in [0.2, 0.25) is 0 Å². The number of hydrogen-bond acceptors (Lipinski definition) is 2. The second-order valence-corrected chi connectivity index (χ2v) is 3.75. The number of alkyl halides is 3. The molecular formula is C11H13F3O2. The molecule has 2 nitrogen and oxygen atoms in total. The number of rotatable bonds is 2. The molecule has 90 valence electrons. The summed E-state index contributed by atoms with van der Waals surface area (Å²) in [6.45, 7) is 2.43. The molecule has 1 N–H and O–H groups in total. The Hall–Kier alpha value is -1.23. The predicted molar refractivity (Wildman–Crippen MR) is 53.4 cm³/mol. The van der Waals surface area contributed by atoms with Crippen LogP contribution >= 0.6 is 0 Å². The van der Waals surface area contributed by atoms with Gasteiger partial charge in [0, 0.05) is 0 Å². The van der Waals surface area contributed by atoms with Gasteiger partial charge in [0.25, 0.3) is 0 Å². The summed E-state index contributed by atoms with van der Waals surface area (Å²) in [7, 11) is 1.37. The second kappa shape index (κ2) is 3.97. The predicted octanol–water partition coefficient (Wildman–Crippen LogP) is 2.77. The molecule has 0 saturated heterocycles. The Kier molecular flexibility index (Phi) is 3.19. The van der Waals surface area contributed by atoms with Crippen molar-refractivity contribution in [3.63, 3.8) is 0 Å². The molecule has 5 heteroatoms. The van der Waals surface area contributed by atoms with Crippen LogP contribution in [0.4, 0.5) is 13.2 Å². The van der Waals surface area contributed by atoms with Crippen molar-refractivity contribution in [2.24, 2.45) is 0 Å². The van der Waals surface area contributed by atoms with Gasteiger partial charge >= 0.3 is 6.18 Å². The number of aliphatic hydroxyl groups is 1. The van der Waals surface area contributed by atoms with Gasteiger partial charge in [0.15, 0.2) is 5.60 Å². The Bertz CT molecular complexity index is 383. The molecule has 0 heterocycles. The number of aryl methyl sites for hydroxylation is 1. The summed E-state index contributed by atoms with van der Waals surface area (Å²) in [5.41, 5.74) is -2.39. The van der Waals surface area contributed by atoms with Crippen molar-refractivity contribution in [3.05, 3.63) is 29.3 Å². The van der Waals surface area contributed by atoms with Crippen LogP contribution in [0.15, 0.2) is 18.2 Å². The topological polar surface area (TPSA) is 29.5 Å². The van der Waals surface area contributed by atoms with Gasteiger partial charge in [-0.3, -0.25) is 0 Å². The summed E-state index contributed by atoms with van der Waals surface area (Å²) < 4.78 is 42.6. The van der Waals surface area contributed by atoms with Crippen molar-refractivity contribution in [2.75, 3.05) is 7.11 Å². The Morgan fingerprint density at radius 3 is 2.25 bits per heavy atom. The molecule has 0 aliphatic heterocycles. The highest BCUT2D eigenvalue weighted by atomic mass is 19.4. The van der Waals surface area contributed by atoms with Crippen molar-refractivity contribution in [3.8, 4) is 5.75 Å². The molecule has 1 aromatic carbocycles.